The Hall–Kier alpha value is -0.460. The van der Waals surface area contributed by atoms with Gasteiger partial charge in [-0.15, -0.1) is 0 Å². The van der Waals surface area contributed by atoms with E-state index in [0.717, 1.165) is 19.3 Å². The van der Waals surface area contributed by atoms with Gasteiger partial charge in [0.2, 0.25) is 0 Å². The molecule has 1 rings (SSSR count). The number of allylic oxidation sites excluding steroid dienone is 2. The standard InChI is InChI=1S/C22H42O5/c1-2-3-4-5-6-7-8-9-10-11-12-13-14-15-16-26-22-20(17-23)27-18-19(24)21(22)25/h11-12,19-25H,2-10,13-18H2,1H3/b12-11+/t19-,20+,21+,22+/m1/s1. The van der Waals surface area contributed by atoms with Crippen LogP contribution in [0.15, 0.2) is 12.2 Å². The minimum Gasteiger partial charge on any atom is -0.394 e. The van der Waals surface area contributed by atoms with E-state index in [1.807, 2.05) is 0 Å². The highest BCUT2D eigenvalue weighted by molar-refractivity contribution is 4.87. The van der Waals surface area contributed by atoms with Crippen LogP contribution in [0.2, 0.25) is 0 Å². The second-order valence-corrected chi connectivity index (χ2v) is 7.68. The Morgan fingerprint density at radius 1 is 0.889 bits per heavy atom. The number of hydrogen-bond donors (Lipinski definition) is 3. The average Bonchev–Trinajstić information content (AvgIpc) is 2.68. The van der Waals surface area contributed by atoms with Crippen molar-refractivity contribution < 1.29 is 24.8 Å². The molecule has 160 valence electrons. The minimum atomic E-state index is -0.998. The molecule has 1 aliphatic heterocycles. The van der Waals surface area contributed by atoms with E-state index in [4.69, 9.17) is 9.47 Å². The molecule has 1 heterocycles. The largest absolute Gasteiger partial charge is 0.394 e. The van der Waals surface area contributed by atoms with Crippen molar-refractivity contribution in [3.63, 3.8) is 0 Å². The quantitative estimate of drug-likeness (QED) is 0.278. The van der Waals surface area contributed by atoms with Gasteiger partial charge >= 0.3 is 0 Å². The van der Waals surface area contributed by atoms with Crippen molar-refractivity contribution in [1.82, 2.24) is 0 Å². The molecule has 0 spiro atoms. The van der Waals surface area contributed by atoms with Crippen LogP contribution in [0.5, 0.6) is 0 Å². The molecule has 0 aromatic carbocycles. The van der Waals surface area contributed by atoms with Gasteiger partial charge in [-0.05, 0) is 32.1 Å². The first-order valence-corrected chi connectivity index (χ1v) is 11.1. The Balaban J connectivity index is 1.94. The molecule has 1 fully saturated rings. The fraction of sp³-hybridized carbons (Fsp3) is 0.909. The summed E-state index contributed by atoms with van der Waals surface area (Å²) in [6.07, 6.45) is 16.4. The van der Waals surface area contributed by atoms with Crippen molar-refractivity contribution in [2.45, 2.75) is 108 Å². The van der Waals surface area contributed by atoms with E-state index >= 15 is 0 Å². The van der Waals surface area contributed by atoms with Gasteiger partial charge in [0.1, 0.15) is 24.4 Å². The highest BCUT2D eigenvalue weighted by atomic mass is 16.6. The third kappa shape index (κ3) is 11.2. The first-order chi connectivity index (χ1) is 13.2. The molecule has 0 unspecified atom stereocenters. The van der Waals surface area contributed by atoms with E-state index < -0.39 is 24.4 Å². The van der Waals surface area contributed by atoms with Crippen molar-refractivity contribution in [2.75, 3.05) is 19.8 Å². The molecule has 1 saturated heterocycles. The van der Waals surface area contributed by atoms with Gasteiger partial charge in [0.05, 0.1) is 13.2 Å². The van der Waals surface area contributed by atoms with E-state index in [-0.39, 0.29) is 13.2 Å². The Bertz CT molecular complexity index is 359. The summed E-state index contributed by atoms with van der Waals surface area (Å²) in [6, 6.07) is 0. The van der Waals surface area contributed by atoms with Crippen LogP contribution >= 0.6 is 0 Å². The molecular weight excluding hydrogens is 344 g/mol. The van der Waals surface area contributed by atoms with Crippen molar-refractivity contribution >= 4 is 0 Å². The zero-order valence-corrected chi connectivity index (χ0v) is 17.2. The Labute approximate surface area is 165 Å². The number of unbranched alkanes of at least 4 members (excludes halogenated alkanes) is 10. The van der Waals surface area contributed by atoms with Crippen LogP contribution in [0.3, 0.4) is 0 Å². The molecule has 0 radical (unpaired) electrons. The first-order valence-electron chi connectivity index (χ1n) is 11.1. The molecule has 0 bridgehead atoms. The maximum Gasteiger partial charge on any atom is 0.114 e. The van der Waals surface area contributed by atoms with Crippen LogP contribution in [0.25, 0.3) is 0 Å². The van der Waals surface area contributed by atoms with E-state index in [2.05, 4.69) is 19.1 Å². The smallest absolute Gasteiger partial charge is 0.114 e. The van der Waals surface area contributed by atoms with Crippen molar-refractivity contribution in [3.8, 4) is 0 Å². The maximum absolute atomic E-state index is 9.98. The fourth-order valence-corrected chi connectivity index (χ4v) is 3.43. The predicted octanol–water partition coefficient (Wildman–Crippen LogP) is 3.74. The van der Waals surface area contributed by atoms with Gasteiger partial charge in [0.25, 0.3) is 0 Å². The van der Waals surface area contributed by atoms with Gasteiger partial charge in [-0.3, -0.25) is 0 Å². The maximum atomic E-state index is 9.98. The summed E-state index contributed by atoms with van der Waals surface area (Å²) in [5.74, 6) is 0. The third-order valence-corrected chi connectivity index (χ3v) is 5.22. The monoisotopic (exact) mass is 386 g/mol. The second-order valence-electron chi connectivity index (χ2n) is 7.68. The summed E-state index contributed by atoms with van der Waals surface area (Å²) in [7, 11) is 0. The molecule has 0 amide bonds. The van der Waals surface area contributed by atoms with Crippen molar-refractivity contribution in [2.24, 2.45) is 0 Å². The summed E-state index contributed by atoms with van der Waals surface area (Å²) >= 11 is 0. The van der Waals surface area contributed by atoms with Crippen molar-refractivity contribution in [3.05, 3.63) is 12.2 Å². The lowest BCUT2D eigenvalue weighted by Gasteiger charge is -2.37. The van der Waals surface area contributed by atoms with Gasteiger partial charge in [-0.25, -0.2) is 0 Å². The molecule has 27 heavy (non-hydrogen) atoms. The molecule has 5 heteroatoms. The number of hydrogen-bond acceptors (Lipinski definition) is 5. The zero-order chi connectivity index (χ0) is 19.7. The van der Waals surface area contributed by atoms with Gasteiger partial charge in [0.15, 0.2) is 0 Å². The normalized spacial score (nSPS) is 26.1. The summed E-state index contributed by atoms with van der Waals surface area (Å²) in [6.45, 7) is 2.58. The van der Waals surface area contributed by atoms with Crippen LogP contribution in [0, 0.1) is 0 Å². The molecule has 1 aliphatic rings. The first kappa shape index (κ1) is 24.6. The molecule has 0 aliphatic carbocycles. The van der Waals surface area contributed by atoms with Crippen LogP contribution in [0.4, 0.5) is 0 Å². The highest BCUT2D eigenvalue weighted by Crippen LogP contribution is 2.19. The van der Waals surface area contributed by atoms with E-state index in [9.17, 15) is 15.3 Å². The van der Waals surface area contributed by atoms with Crippen LogP contribution < -0.4 is 0 Å². The van der Waals surface area contributed by atoms with E-state index in [0.29, 0.717) is 6.61 Å². The number of aliphatic hydroxyl groups is 3. The fourth-order valence-electron chi connectivity index (χ4n) is 3.43. The lowest BCUT2D eigenvalue weighted by molar-refractivity contribution is -0.211. The summed E-state index contributed by atoms with van der Waals surface area (Å²) in [5.41, 5.74) is 0. The molecule has 0 saturated carbocycles. The summed E-state index contributed by atoms with van der Waals surface area (Å²) in [5, 5.41) is 28.9. The van der Waals surface area contributed by atoms with Gasteiger partial charge < -0.3 is 24.8 Å². The minimum absolute atomic E-state index is 0.0376. The molecule has 4 atom stereocenters. The lowest BCUT2D eigenvalue weighted by atomic mass is 10.0. The second kappa shape index (κ2) is 16.5. The van der Waals surface area contributed by atoms with Gasteiger partial charge in [-0.2, -0.15) is 0 Å². The summed E-state index contributed by atoms with van der Waals surface area (Å²) < 4.78 is 11.0. The van der Waals surface area contributed by atoms with Gasteiger partial charge in [-0.1, -0.05) is 64.0 Å². The molecule has 0 aromatic rings. The van der Waals surface area contributed by atoms with Crippen LogP contribution in [0.1, 0.15) is 84.0 Å². The topological polar surface area (TPSA) is 79.2 Å². The molecular formula is C22H42O5. The lowest BCUT2D eigenvalue weighted by Crippen LogP contribution is -2.55. The van der Waals surface area contributed by atoms with Gasteiger partial charge in [0, 0.05) is 6.61 Å². The molecule has 0 aromatic heterocycles. The predicted molar refractivity (Wildman–Crippen MR) is 109 cm³/mol. The Morgan fingerprint density at radius 3 is 2.11 bits per heavy atom. The summed E-state index contributed by atoms with van der Waals surface area (Å²) in [4.78, 5) is 0. The van der Waals surface area contributed by atoms with Crippen LogP contribution in [-0.4, -0.2) is 59.6 Å². The van der Waals surface area contributed by atoms with Crippen LogP contribution in [-0.2, 0) is 9.47 Å². The van der Waals surface area contributed by atoms with Crippen molar-refractivity contribution in [1.29, 1.82) is 0 Å². The number of aliphatic hydroxyl groups excluding tert-OH is 3. The highest BCUT2D eigenvalue weighted by Gasteiger charge is 2.39. The van der Waals surface area contributed by atoms with E-state index in [1.165, 1.54) is 57.8 Å². The molecule has 5 nitrogen and oxygen atoms in total. The Kier molecular flexibility index (Phi) is 15.0. The zero-order valence-electron chi connectivity index (χ0n) is 17.2. The SMILES string of the molecule is CCCCCCCCCC/C=C/CCCCO[C@@H]1[C@@H](O)[C@H](O)CO[C@H]1CO. The third-order valence-electron chi connectivity index (χ3n) is 5.22. The van der Waals surface area contributed by atoms with E-state index in [1.54, 1.807) is 0 Å². The number of rotatable bonds is 16. The Morgan fingerprint density at radius 2 is 1.48 bits per heavy atom. The molecule has 3 N–H and O–H groups in total. The number of ether oxygens (including phenoxy) is 2. The average molecular weight is 387 g/mol.